The number of rotatable bonds is 4. The molecule has 0 bridgehead atoms. The Hall–Kier alpha value is -2.43. The Kier molecular flexibility index (Phi) is 3.75. The SMILES string of the molecule is NC(N)=C/C=C(\N)c1cccc(NC(=O)C2CC2)c1. The van der Waals surface area contributed by atoms with Gasteiger partial charge in [0.2, 0.25) is 5.91 Å². The molecule has 0 atom stereocenters. The Morgan fingerprint density at radius 1 is 1.21 bits per heavy atom. The predicted molar refractivity (Wildman–Crippen MR) is 76.4 cm³/mol. The van der Waals surface area contributed by atoms with E-state index in [-0.39, 0.29) is 17.6 Å². The molecule has 0 spiro atoms. The molecule has 2 rings (SSSR count). The molecule has 0 aliphatic heterocycles. The molecular weight excluding hydrogens is 240 g/mol. The molecule has 5 nitrogen and oxygen atoms in total. The number of amides is 1. The molecule has 0 unspecified atom stereocenters. The summed E-state index contributed by atoms with van der Waals surface area (Å²) >= 11 is 0. The zero-order chi connectivity index (χ0) is 13.8. The smallest absolute Gasteiger partial charge is 0.227 e. The molecule has 1 amide bonds. The highest BCUT2D eigenvalue weighted by Crippen LogP contribution is 2.30. The second-order valence-electron chi connectivity index (χ2n) is 4.63. The summed E-state index contributed by atoms with van der Waals surface area (Å²) in [5, 5.41) is 2.88. The molecule has 0 heterocycles. The van der Waals surface area contributed by atoms with E-state index in [0.29, 0.717) is 5.70 Å². The van der Waals surface area contributed by atoms with Gasteiger partial charge < -0.3 is 22.5 Å². The van der Waals surface area contributed by atoms with Crippen LogP contribution in [-0.2, 0) is 4.79 Å². The number of hydrogen-bond acceptors (Lipinski definition) is 4. The Bertz CT molecular complexity index is 540. The van der Waals surface area contributed by atoms with Gasteiger partial charge in [0, 0.05) is 17.3 Å². The van der Waals surface area contributed by atoms with Crippen LogP contribution in [0, 0.1) is 5.92 Å². The largest absolute Gasteiger partial charge is 0.398 e. The van der Waals surface area contributed by atoms with Crippen molar-refractivity contribution in [2.24, 2.45) is 23.1 Å². The minimum Gasteiger partial charge on any atom is -0.398 e. The second-order valence-corrected chi connectivity index (χ2v) is 4.63. The van der Waals surface area contributed by atoms with Crippen LogP contribution in [0.25, 0.3) is 5.70 Å². The number of carbonyl (C=O) groups excluding carboxylic acids is 1. The Morgan fingerprint density at radius 3 is 2.58 bits per heavy atom. The fourth-order valence-corrected chi connectivity index (χ4v) is 1.65. The number of nitrogens with two attached hydrogens (primary N) is 3. The lowest BCUT2D eigenvalue weighted by molar-refractivity contribution is -0.117. The van der Waals surface area contributed by atoms with E-state index in [9.17, 15) is 4.79 Å². The lowest BCUT2D eigenvalue weighted by Crippen LogP contribution is -2.13. The molecule has 0 radical (unpaired) electrons. The van der Waals surface area contributed by atoms with Crippen LogP contribution in [-0.4, -0.2) is 5.91 Å². The van der Waals surface area contributed by atoms with Gasteiger partial charge in [0.15, 0.2) is 0 Å². The van der Waals surface area contributed by atoms with Crippen LogP contribution in [0.4, 0.5) is 5.69 Å². The molecule has 100 valence electrons. The highest BCUT2D eigenvalue weighted by molar-refractivity contribution is 5.94. The van der Waals surface area contributed by atoms with Crippen LogP contribution < -0.4 is 22.5 Å². The van der Waals surface area contributed by atoms with E-state index in [1.807, 2.05) is 24.3 Å². The van der Waals surface area contributed by atoms with Crippen LogP contribution in [0.2, 0.25) is 0 Å². The summed E-state index contributed by atoms with van der Waals surface area (Å²) in [7, 11) is 0. The summed E-state index contributed by atoms with van der Waals surface area (Å²) in [6.07, 6.45) is 5.13. The minimum absolute atomic E-state index is 0.0748. The molecule has 1 fully saturated rings. The van der Waals surface area contributed by atoms with Crippen molar-refractivity contribution in [3.63, 3.8) is 0 Å². The maximum Gasteiger partial charge on any atom is 0.227 e. The summed E-state index contributed by atoms with van der Waals surface area (Å²) in [5.41, 5.74) is 18.7. The number of nitrogens with one attached hydrogen (secondary N) is 1. The number of anilines is 1. The third kappa shape index (κ3) is 3.77. The Morgan fingerprint density at radius 2 is 1.95 bits per heavy atom. The summed E-state index contributed by atoms with van der Waals surface area (Å²) in [5.74, 6) is 0.448. The van der Waals surface area contributed by atoms with Gasteiger partial charge in [-0.05, 0) is 42.7 Å². The number of hydrogen-bond donors (Lipinski definition) is 4. The van der Waals surface area contributed by atoms with E-state index in [0.717, 1.165) is 24.1 Å². The van der Waals surface area contributed by atoms with Crippen LogP contribution in [0.15, 0.2) is 42.2 Å². The van der Waals surface area contributed by atoms with Gasteiger partial charge in [-0.2, -0.15) is 0 Å². The highest BCUT2D eigenvalue weighted by Gasteiger charge is 2.29. The van der Waals surface area contributed by atoms with Crippen molar-refractivity contribution in [1.82, 2.24) is 0 Å². The molecule has 5 heteroatoms. The van der Waals surface area contributed by atoms with E-state index in [1.54, 1.807) is 6.08 Å². The van der Waals surface area contributed by atoms with Gasteiger partial charge in [-0.15, -0.1) is 0 Å². The van der Waals surface area contributed by atoms with Crippen molar-refractivity contribution in [3.05, 3.63) is 47.8 Å². The van der Waals surface area contributed by atoms with Crippen LogP contribution in [0.5, 0.6) is 0 Å². The van der Waals surface area contributed by atoms with Crippen molar-refractivity contribution >= 4 is 17.3 Å². The third-order valence-corrected chi connectivity index (χ3v) is 2.87. The van der Waals surface area contributed by atoms with Crippen molar-refractivity contribution in [3.8, 4) is 0 Å². The van der Waals surface area contributed by atoms with Gasteiger partial charge in [0.1, 0.15) is 0 Å². The quantitative estimate of drug-likeness (QED) is 0.606. The molecule has 1 saturated carbocycles. The molecule has 1 aromatic rings. The van der Waals surface area contributed by atoms with Crippen LogP contribution >= 0.6 is 0 Å². The lowest BCUT2D eigenvalue weighted by Gasteiger charge is -2.07. The summed E-state index contributed by atoms with van der Waals surface area (Å²) in [6.45, 7) is 0. The molecular formula is C14H18N4O. The zero-order valence-corrected chi connectivity index (χ0v) is 10.6. The number of benzene rings is 1. The minimum atomic E-state index is 0.0748. The summed E-state index contributed by atoms with van der Waals surface area (Å²) in [6, 6.07) is 7.37. The van der Waals surface area contributed by atoms with Crippen molar-refractivity contribution in [2.75, 3.05) is 5.32 Å². The van der Waals surface area contributed by atoms with E-state index >= 15 is 0 Å². The molecule has 7 N–H and O–H groups in total. The average molecular weight is 258 g/mol. The molecule has 19 heavy (non-hydrogen) atoms. The molecule has 0 aromatic heterocycles. The fourth-order valence-electron chi connectivity index (χ4n) is 1.65. The van der Waals surface area contributed by atoms with Gasteiger partial charge in [0.25, 0.3) is 0 Å². The first-order chi connectivity index (χ1) is 9.06. The third-order valence-electron chi connectivity index (χ3n) is 2.87. The second kappa shape index (κ2) is 5.48. The van der Waals surface area contributed by atoms with Crippen molar-refractivity contribution < 1.29 is 4.79 Å². The van der Waals surface area contributed by atoms with Gasteiger partial charge in [0.05, 0.1) is 5.82 Å². The van der Waals surface area contributed by atoms with Crippen LogP contribution in [0.3, 0.4) is 0 Å². The monoisotopic (exact) mass is 258 g/mol. The molecule has 1 aliphatic rings. The summed E-state index contributed by atoms with van der Waals surface area (Å²) in [4.78, 5) is 11.7. The van der Waals surface area contributed by atoms with E-state index in [2.05, 4.69) is 5.32 Å². The average Bonchev–Trinajstić information content (AvgIpc) is 3.20. The van der Waals surface area contributed by atoms with Crippen molar-refractivity contribution in [2.45, 2.75) is 12.8 Å². The number of allylic oxidation sites excluding steroid dienone is 2. The normalized spacial score (nSPS) is 14.8. The van der Waals surface area contributed by atoms with Gasteiger partial charge in [-0.1, -0.05) is 12.1 Å². The van der Waals surface area contributed by atoms with Gasteiger partial charge in [-0.3, -0.25) is 4.79 Å². The van der Waals surface area contributed by atoms with E-state index < -0.39 is 0 Å². The summed E-state index contributed by atoms with van der Waals surface area (Å²) < 4.78 is 0. The van der Waals surface area contributed by atoms with E-state index in [4.69, 9.17) is 17.2 Å². The van der Waals surface area contributed by atoms with Gasteiger partial charge >= 0.3 is 0 Å². The molecule has 0 saturated heterocycles. The Balaban J connectivity index is 2.11. The van der Waals surface area contributed by atoms with Crippen LogP contribution in [0.1, 0.15) is 18.4 Å². The predicted octanol–water partition coefficient (Wildman–Crippen LogP) is 1.09. The maximum atomic E-state index is 11.7. The zero-order valence-electron chi connectivity index (χ0n) is 10.6. The molecule has 1 aromatic carbocycles. The van der Waals surface area contributed by atoms with Crippen molar-refractivity contribution in [1.29, 1.82) is 0 Å². The number of carbonyl (C=O) groups is 1. The first-order valence-corrected chi connectivity index (χ1v) is 6.16. The first-order valence-electron chi connectivity index (χ1n) is 6.16. The Labute approximate surface area is 112 Å². The lowest BCUT2D eigenvalue weighted by atomic mass is 10.1. The topological polar surface area (TPSA) is 107 Å². The molecule has 1 aliphatic carbocycles. The first kappa shape index (κ1) is 13.0. The fraction of sp³-hybridized carbons (Fsp3) is 0.214. The highest BCUT2D eigenvalue weighted by atomic mass is 16.2. The maximum absolute atomic E-state index is 11.7. The van der Waals surface area contributed by atoms with Gasteiger partial charge in [-0.25, -0.2) is 0 Å². The standard InChI is InChI=1S/C14H18N4O/c15-12(6-7-13(16)17)10-2-1-3-11(8-10)18-14(19)9-4-5-9/h1-3,6-9H,4-5,15-17H2,(H,18,19)/b12-6-. The van der Waals surface area contributed by atoms with E-state index in [1.165, 1.54) is 6.08 Å².